The van der Waals surface area contributed by atoms with E-state index >= 15 is 0 Å². The number of pyridine rings is 1. The highest BCUT2D eigenvalue weighted by atomic mass is 35.5. The number of carbonyl (C=O) groups excluding carboxylic acids is 1. The molecule has 1 aromatic heterocycles. The Kier molecular flexibility index (Phi) is 5.52. The molecule has 0 fully saturated rings. The number of aromatic nitrogens is 1. The number of nitrogens with zero attached hydrogens (tertiary/aromatic N) is 1. The molecule has 1 heterocycles. The molecule has 3 aromatic rings. The number of hydrogen-bond acceptors (Lipinski definition) is 3. The largest absolute Gasteiger partial charge is 0.406 e. The lowest BCUT2D eigenvalue weighted by Gasteiger charge is -2.10. The van der Waals surface area contributed by atoms with Crippen molar-refractivity contribution in [1.29, 1.82) is 0 Å². The summed E-state index contributed by atoms with van der Waals surface area (Å²) in [5.74, 6) is -1.69. The maximum absolute atomic E-state index is 13.2. The van der Waals surface area contributed by atoms with Gasteiger partial charge in [-0.2, -0.15) is 4.73 Å². The second-order valence-corrected chi connectivity index (χ2v) is 5.94. The molecule has 27 heavy (non-hydrogen) atoms. The van der Waals surface area contributed by atoms with Crippen LogP contribution in [0.15, 0.2) is 65.6 Å². The normalized spacial score (nSPS) is 10.5. The first-order chi connectivity index (χ1) is 12.9. The van der Waals surface area contributed by atoms with Crippen LogP contribution in [0.2, 0.25) is 5.02 Å². The van der Waals surface area contributed by atoms with E-state index in [1.165, 1.54) is 54.7 Å². The van der Waals surface area contributed by atoms with Crippen LogP contribution in [0.25, 0.3) is 0 Å². The molecule has 3 rings (SSSR count). The molecule has 0 saturated carbocycles. The number of amides is 1. The quantitative estimate of drug-likeness (QED) is 0.723. The summed E-state index contributed by atoms with van der Waals surface area (Å²) in [4.78, 5) is 30.1. The molecule has 0 spiro atoms. The van der Waals surface area contributed by atoms with Crippen LogP contribution in [0.3, 0.4) is 0 Å². The molecule has 0 unspecified atom stereocenters. The monoisotopic (exact) mass is 390 g/mol. The first-order valence-corrected chi connectivity index (χ1v) is 8.17. The van der Waals surface area contributed by atoms with Crippen molar-refractivity contribution in [3.8, 4) is 0 Å². The number of anilines is 1. The van der Waals surface area contributed by atoms with Gasteiger partial charge in [0.1, 0.15) is 23.8 Å². The molecule has 1 amide bonds. The topological polar surface area (TPSA) is 60.3 Å². The maximum Gasteiger partial charge on any atom is 0.295 e. The van der Waals surface area contributed by atoms with Gasteiger partial charge in [-0.25, -0.2) is 8.78 Å². The van der Waals surface area contributed by atoms with Gasteiger partial charge in [0.05, 0.1) is 5.02 Å². The van der Waals surface area contributed by atoms with Gasteiger partial charge in [-0.1, -0.05) is 23.7 Å². The van der Waals surface area contributed by atoms with Crippen molar-refractivity contribution in [1.82, 2.24) is 4.73 Å². The minimum atomic E-state index is -0.692. The summed E-state index contributed by atoms with van der Waals surface area (Å²) in [6.45, 7) is 0.0127. The second kappa shape index (κ2) is 8.01. The first kappa shape index (κ1) is 18.6. The van der Waals surface area contributed by atoms with E-state index in [1.807, 2.05) is 0 Å². The molecule has 0 atom stereocenters. The molecular formula is C19H13ClF2N2O3. The summed E-state index contributed by atoms with van der Waals surface area (Å²) in [7, 11) is 0. The highest BCUT2D eigenvalue weighted by molar-refractivity contribution is 6.31. The van der Waals surface area contributed by atoms with E-state index in [-0.39, 0.29) is 28.7 Å². The zero-order valence-corrected chi connectivity index (χ0v) is 14.5. The van der Waals surface area contributed by atoms with Gasteiger partial charge in [0, 0.05) is 11.9 Å². The lowest BCUT2D eigenvalue weighted by atomic mass is 10.2. The van der Waals surface area contributed by atoms with Crippen LogP contribution >= 0.6 is 11.6 Å². The minimum absolute atomic E-state index is 0.0127. The van der Waals surface area contributed by atoms with Crippen molar-refractivity contribution in [3.63, 3.8) is 0 Å². The summed E-state index contributed by atoms with van der Waals surface area (Å²) < 4.78 is 27.0. The summed E-state index contributed by atoms with van der Waals surface area (Å²) >= 11 is 5.67. The molecule has 0 aliphatic carbocycles. The van der Waals surface area contributed by atoms with Crippen molar-refractivity contribution in [2.45, 2.75) is 6.61 Å². The van der Waals surface area contributed by atoms with E-state index < -0.39 is 17.3 Å². The van der Waals surface area contributed by atoms with E-state index in [0.29, 0.717) is 5.56 Å². The zero-order valence-electron chi connectivity index (χ0n) is 13.8. The third kappa shape index (κ3) is 4.51. The SMILES string of the molecule is O=C(Nc1ccc(F)c(Cl)c1)c1cccn(OCc2ccc(F)cc2)c1=O. The molecule has 0 radical (unpaired) electrons. The van der Waals surface area contributed by atoms with Crippen molar-refractivity contribution >= 4 is 23.2 Å². The smallest absolute Gasteiger partial charge is 0.295 e. The fraction of sp³-hybridized carbons (Fsp3) is 0.0526. The van der Waals surface area contributed by atoms with Crippen molar-refractivity contribution < 1.29 is 18.4 Å². The van der Waals surface area contributed by atoms with E-state index in [0.717, 1.165) is 10.8 Å². The highest BCUT2D eigenvalue weighted by Crippen LogP contribution is 2.19. The third-order valence-electron chi connectivity index (χ3n) is 3.62. The molecule has 1 N–H and O–H groups in total. The third-order valence-corrected chi connectivity index (χ3v) is 3.91. The van der Waals surface area contributed by atoms with Crippen LogP contribution < -0.4 is 15.7 Å². The number of nitrogens with one attached hydrogen (secondary N) is 1. The summed E-state index contributed by atoms with van der Waals surface area (Å²) in [5, 5.41) is 2.32. The number of benzene rings is 2. The molecule has 0 aliphatic heterocycles. The van der Waals surface area contributed by atoms with Gasteiger partial charge in [-0.3, -0.25) is 9.59 Å². The molecule has 0 aliphatic rings. The molecule has 0 bridgehead atoms. The van der Waals surface area contributed by atoms with Crippen LogP contribution in [-0.4, -0.2) is 10.6 Å². The van der Waals surface area contributed by atoms with Crippen molar-refractivity contribution in [2.75, 3.05) is 5.32 Å². The van der Waals surface area contributed by atoms with Crippen LogP contribution in [-0.2, 0) is 6.61 Å². The number of rotatable bonds is 5. The van der Waals surface area contributed by atoms with E-state index in [2.05, 4.69) is 5.32 Å². The Morgan fingerprint density at radius 3 is 2.56 bits per heavy atom. The van der Waals surface area contributed by atoms with Gasteiger partial charge < -0.3 is 10.2 Å². The first-order valence-electron chi connectivity index (χ1n) is 7.80. The fourth-order valence-corrected chi connectivity index (χ4v) is 2.43. The standard InChI is InChI=1S/C19H13ClF2N2O3/c20-16-10-14(7-8-17(16)22)23-18(25)15-2-1-9-24(19(15)26)27-11-12-3-5-13(21)6-4-12/h1-10H,11H2,(H,23,25). The van der Waals surface area contributed by atoms with E-state index in [1.54, 1.807) is 0 Å². The molecule has 5 nitrogen and oxygen atoms in total. The van der Waals surface area contributed by atoms with Gasteiger partial charge in [0.25, 0.3) is 11.5 Å². The Bertz CT molecular complexity index is 1040. The fourth-order valence-electron chi connectivity index (χ4n) is 2.25. The Hall–Kier alpha value is -3.19. The molecule has 138 valence electrons. The van der Waals surface area contributed by atoms with E-state index in [9.17, 15) is 18.4 Å². The zero-order chi connectivity index (χ0) is 19.4. The van der Waals surface area contributed by atoms with Crippen LogP contribution in [0.4, 0.5) is 14.5 Å². The van der Waals surface area contributed by atoms with Crippen molar-refractivity contribution in [2.24, 2.45) is 0 Å². The van der Waals surface area contributed by atoms with Crippen LogP contribution in [0.1, 0.15) is 15.9 Å². The lowest BCUT2D eigenvalue weighted by Crippen LogP contribution is -2.32. The number of carbonyl (C=O) groups is 1. The Morgan fingerprint density at radius 1 is 1.11 bits per heavy atom. The molecule has 8 heteroatoms. The number of hydrogen-bond donors (Lipinski definition) is 1. The average molecular weight is 391 g/mol. The highest BCUT2D eigenvalue weighted by Gasteiger charge is 2.14. The summed E-state index contributed by atoms with van der Waals surface area (Å²) in [6.07, 6.45) is 1.36. The molecular weight excluding hydrogens is 378 g/mol. The molecule has 2 aromatic carbocycles. The van der Waals surface area contributed by atoms with Gasteiger partial charge in [0.15, 0.2) is 0 Å². The summed E-state index contributed by atoms with van der Waals surface area (Å²) in [5.41, 5.74) is 0.0508. The predicted molar refractivity (Wildman–Crippen MR) is 96.7 cm³/mol. The van der Waals surface area contributed by atoms with Gasteiger partial charge >= 0.3 is 0 Å². The van der Waals surface area contributed by atoms with Gasteiger partial charge in [-0.05, 0) is 48.0 Å². The minimum Gasteiger partial charge on any atom is -0.406 e. The summed E-state index contributed by atoms with van der Waals surface area (Å²) in [6, 6.07) is 12.1. The Balaban J connectivity index is 1.75. The van der Waals surface area contributed by atoms with Crippen molar-refractivity contribution in [3.05, 3.63) is 98.9 Å². The van der Waals surface area contributed by atoms with Gasteiger partial charge in [-0.15, -0.1) is 0 Å². The van der Waals surface area contributed by atoms with Crippen LogP contribution in [0.5, 0.6) is 0 Å². The average Bonchev–Trinajstić information content (AvgIpc) is 2.65. The Labute approximate surface area is 157 Å². The number of halogens is 3. The van der Waals surface area contributed by atoms with E-state index in [4.69, 9.17) is 16.4 Å². The van der Waals surface area contributed by atoms with Crippen LogP contribution in [0, 0.1) is 11.6 Å². The maximum atomic E-state index is 13.2. The Morgan fingerprint density at radius 2 is 1.85 bits per heavy atom. The molecule has 0 saturated heterocycles. The lowest BCUT2D eigenvalue weighted by molar-refractivity contribution is 0.0863. The van der Waals surface area contributed by atoms with Gasteiger partial charge in [0.2, 0.25) is 0 Å². The second-order valence-electron chi connectivity index (χ2n) is 5.54. The predicted octanol–water partition coefficient (Wildman–Crippen LogP) is 3.66.